The SMILES string of the molecule is CCN1CCC(NC(=O)CC2CN(Cc3nnn(C)n3)C3(CCC3)CO2)C1=O. The van der Waals surface area contributed by atoms with Crippen LogP contribution in [0.25, 0.3) is 0 Å². The van der Waals surface area contributed by atoms with Crippen LogP contribution in [0, 0.1) is 0 Å². The Morgan fingerprint density at radius 2 is 2.21 bits per heavy atom. The molecule has 2 aliphatic heterocycles. The lowest BCUT2D eigenvalue weighted by Gasteiger charge is -2.54. The Kier molecular flexibility index (Phi) is 5.33. The van der Waals surface area contributed by atoms with Crippen molar-refractivity contribution in [1.29, 1.82) is 0 Å². The first-order valence-electron chi connectivity index (χ1n) is 10.2. The van der Waals surface area contributed by atoms with Crippen LogP contribution in [0.15, 0.2) is 0 Å². The molecule has 4 rings (SSSR count). The minimum absolute atomic E-state index is 0.0178. The highest BCUT2D eigenvalue weighted by atomic mass is 16.5. The third kappa shape index (κ3) is 3.75. The summed E-state index contributed by atoms with van der Waals surface area (Å²) < 4.78 is 6.05. The summed E-state index contributed by atoms with van der Waals surface area (Å²) in [5, 5.41) is 15.2. The number of likely N-dealkylation sites (N-methyl/N-ethyl adjacent to an activating group) is 1. The topological polar surface area (TPSA) is 105 Å². The summed E-state index contributed by atoms with van der Waals surface area (Å²) in [6.07, 6.45) is 4.12. The number of aryl methyl sites for hydroxylation is 1. The first-order chi connectivity index (χ1) is 13.5. The first kappa shape index (κ1) is 19.3. The quantitative estimate of drug-likeness (QED) is 0.694. The van der Waals surface area contributed by atoms with Gasteiger partial charge in [-0.2, -0.15) is 4.80 Å². The van der Waals surface area contributed by atoms with Crippen molar-refractivity contribution in [2.75, 3.05) is 26.2 Å². The van der Waals surface area contributed by atoms with Gasteiger partial charge in [0.25, 0.3) is 0 Å². The van der Waals surface area contributed by atoms with Crippen LogP contribution in [0.4, 0.5) is 0 Å². The summed E-state index contributed by atoms with van der Waals surface area (Å²) in [5.74, 6) is 0.586. The number of ether oxygens (including phenoxy) is 1. The molecule has 2 unspecified atom stereocenters. The average Bonchev–Trinajstić information content (AvgIpc) is 3.19. The summed E-state index contributed by atoms with van der Waals surface area (Å²) in [6, 6.07) is -0.395. The van der Waals surface area contributed by atoms with E-state index in [2.05, 4.69) is 25.6 Å². The second-order valence-electron chi connectivity index (χ2n) is 8.12. The van der Waals surface area contributed by atoms with E-state index in [4.69, 9.17) is 4.74 Å². The number of morpholine rings is 1. The van der Waals surface area contributed by atoms with Crippen LogP contribution in [-0.4, -0.2) is 85.7 Å². The maximum Gasteiger partial charge on any atom is 0.245 e. The molecule has 2 saturated heterocycles. The number of tetrazole rings is 1. The highest BCUT2D eigenvalue weighted by molar-refractivity contribution is 5.89. The van der Waals surface area contributed by atoms with Crippen LogP contribution in [0.3, 0.4) is 0 Å². The third-order valence-electron chi connectivity index (χ3n) is 6.28. The van der Waals surface area contributed by atoms with Gasteiger partial charge in [-0.1, -0.05) is 0 Å². The van der Waals surface area contributed by atoms with Gasteiger partial charge in [-0.3, -0.25) is 14.5 Å². The van der Waals surface area contributed by atoms with Crippen molar-refractivity contribution in [3.05, 3.63) is 5.82 Å². The minimum atomic E-state index is -0.395. The zero-order valence-corrected chi connectivity index (χ0v) is 16.6. The smallest absolute Gasteiger partial charge is 0.245 e. The Balaban J connectivity index is 1.34. The lowest BCUT2D eigenvalue weighted by molar-refractivity contribution is -0.155. The number of aromatic nitrogens is 4. The Morgan fingerprint density at radius 1 is 1.39 bits per heavy atom. The van der Waals surface area contributed by atoms with Gasteiger partial charge in [-0.25, -0.2) is 0 Å². The number of hydrogen-bond acceptors (Lipinski definition) is 7. The predicted octanol–water partition coefficient (Wildman–Crippen LogP) is -0.539. The van der Waals surface area contributed by atoms with E-state index in [0.717, 1.165) is 12.8 Å². The molecule has 1 saturated carbocycles. The fourth-order valence-electron chi connectivity index (χ4n) is 4.46. The summed E-state index contributed by atoms with van der Waals surface area (Å²) in [7, 11) is 1.76. The van der Waals surface area contributed by atoms with Gasteiger partial charge < -0.3 is 15.0 Å². The summed E-state index contributed by atoms with van der Waals surface area (Å²) in [6.45, 7) is 5.24. The van der Waals surface area contributed by atoms with Gasteiger partial charge in [0.1, 0.15) is 6.04 Å². The number of nitrogens with one attached hydrogen (secondary N) is 1. The Bertz CT molecular complexity index is 733. The number of nitrogens with zero attached hydrogens (tertiary/aromatic N) is 6. The maximum atomic E-state index is 12.5. The molecule has 10 heteroatoms. The first-order valence-corrected chi connectivity index (χ1v) is 10.2. The van der Waals surface area contributed by atoms with Crippen LogP contribution in [0.1, 0.15) is 44.9 Å². The molecule has 1 aliphatic carbocycles. The van der Waals surface area contributed by atoms with Crippen LogP contribution in [-0.2, 0) is 27.9 Å². The van der Waals surface area contributed by atoms with Crippen LogP contribution in [0.5, 0.6) is 0 Å². The molecule has 154 valence electrons. The molecule has 1 N–H and O–H groups in total. The highest BCUT2D eigenvalue weighted by Crippen LogP contribution is 2.41. The Hall–Kier alpha value is -2.07. The molecule has 3 heterocycles. The monoisotopic (exact) mass is 391 g/mol. The van der Waals surface area contributed by atoms with Gasteiger partial charge in [0.2, 0.25) is 11.8 Å². The molecular weight excluding hydrogens is 362 g/mol. The average molecular weight is 391 g/mol. The van der Waals surface area contributed by atoms with Crippen LogP contribution in [0.2, 0.25) is 0 Å². The predicted molar refractivity (Wildman–Crippen MR) is 98.9 cm³/mol. The molecule has 1 aromatic rings. The molecule has 2 atom stereocenters. The fraction of sp³-hybridized carbons (Fsp3) is 0.833. The van der Waals surface area contributed by atoms with Gasteiger partial charge in [-0.05, 0) is 37.8 Å². The molecule has 1 aromatic heterocycles. The second-order valence-corrected chi connectivity index (χ2v) is 8.12. The number of rotatable bonds is 6. The summed E-state index contributed by atoms with van der Waals surface area (Å²) in [4.78, 5) is 30.3. The van der Waals surface area contributed by atoms with Crippen molar-refractivity contribution in [2.24, 2.45) is 7.05 Å². The molecule has 0 bridgehead atoms. The summed E-state index contributed by atoms with van der Waals surface area (Å²) in [5.41, 5.74) is 0.0369. The third-order valence-corrected chi connectivity index (χ3v) is 6.28. The van der Waals surface area contributed by atoms with E-state index < -0.39 is 6.04 Å². The lowest BCUT2D eigenvalue weighted by atomic mass is 9.74. The number of hydrogen-bond donors (Lipinski definition) is 1. The van der Waals surface area contributed by atoms with Crippen molar-refractivity contribution in [3.63, 3.8) is 0 Å². The van der Waals surface area contributed by atoms with Crippen LogP contribution < -0.4 is 5.32 Å². The zero-order valence-electron chi connectivity index (χ0n) is 16.6. The molecule has 3 aliphatic rings. The van der Waals surface area contributed by atoms with Gasteiger partial charge in [0, 0.05) is 25.2 Å². The molecule has 10 nitrogen and oxygen atoms in total. The van der Waals surface area contributed by atoms with Gasteiger partial charge >= 0.3 is 0 Å². The van der Waals surface area contributed by atoms with E-state index in [9.17, 15) is 9.59 Å². The largest absolute Gasteiger partial charge is 0.374 e. The molecule has 3 fully saturated rings. The van der Waals surface area contributed by atoms with E-state index in [1.54, 1.807) is 11.9 Å². The fourth-order valence-corrected chi connectivity index (χ4v) is 4.46. The Morgan fingerprint density at radius 3 is 2.82 bits per heavy atom. The van der Waals surface area contributed by atoms with Gasteiger partial charge in [0.15, 0.2) is 5.82 Å². The van der Waals surface area contributed by atoms with E-state index in [0.29, 0.717) is 45.0 Å². The zero-order chi connectivity index (χ0) is 19.7. The van der Waals surface area contributed by atoms with E-state index in [1.807, 2.05) is 6.92 Å². The van der Waals surface area contributed by atoms with Crippen molar-refractivity contribution in [3.8, 4) is 0 Å². The summed E-state index contributed by atoms with van der Waals surface area (Å²) >= 11 is 0. The Labute approximate surface area is 164 Å². The lowest BCUT2D eigenvalue weighted by Crippen LogP contribution is -2.63. The normalized spacial score (nSPS) is 27.2. The molecular formula is C18H29N7O3. The van der Waals surface area contributed by atoms with Crippen molar-refractivity contribution >= 4 is 11.8 Å². The van der Waals surface area contributed by atoms with Gasteiger partial charge in [0.05, 0.1) is 32.7 Å². The highest BCUT2D eigenvalue weighted by Gasteiger charge is 2.47. The molecule has 0 radical (unpaired) electrons. The number of likely N-dealkylation sites (tertiary alicyclic amines) is 1. The standard InChI is InChI=1S/C18H29N7O3/c1-3-24-8-5-14(17(24)27)19-16(26)9-13-10-25(11-15-20-22-23(2)21-15)18(12-28-13)6-4-7-18/h13-14H,3-12H2,1-2H3,(H,19,26). The van der Waals surface area contributed by atoms with Crippen molar-refractivity contribution in [1.82, 2.24) is 35.3 Å². The molecule has 2 amide bonds. The van der Waals surface area contributed by atoms with Crippen LogP contribution >= 0.6 is 0 Å². The number of carbonyl (C=O) groups is 2. The molecule has 0 aromatic carbocycles. The number of amides is 2. The number of carbonyl (C=O) groups excluding carboxylic acids is 2. The minimum Gasteiger partial charge on any atom is -0.374 e. The van der Waals surface area contributed by atoms with E-state index in [1.165, 1.54) is 11.2 Å². The van der Waals surface area contributed by atoms with Crippen molar-refractivity contribution in [2.45, 2.75) is 63.3 Å². The second kappa shape index (κ2) is 7.75. The van der Waals surface area contributed by atoms with Crippen molar-refractivity contribution < 1.29 is 14.3 Å². The van der Waals surface area contributed by atoms with Gasteiger partial charge in [-0.15, -0.1) is 10.2 Å². The van der Waals surface area contributed by atoms with E-state index >= 15 is 0 Å². The molecule has 1 spiro atoms. The van der Waals surface area contributed by atoms with E-state index in [-0.39, 0.29) is 29.9 Å². The molecule has 28 heavy (non-hydrogen) atoms. The maximum absolute atomic E-state index is 12.5.